The average Bonchev–Trinajstić information content (AvgIpc) is 2.79. The lowest BCUT2D eigenvalue weighted by molar-refractivity contribution is -0.777. The summed E-state index contributed by atoms with van der Waals surface area (Å²) < 4.78 is 29.1. The molecule has 0 saturated heterocycles. The molecule has 0 saturated carbocycles. The Balaban J connectivity index is 2.27. The average molecular weight is 332 g/mol. The minimum Gasteiger partial charge on any atom is -0.491 e. The lowest BCUT2D eigenvalue weighted by Crippen LogP contribution is -2.57. The van der Waals surface area contributed by atoms with Crippen LogP contribution in [0.5, 0.6) is 0 Å². The van der Waals surface area contributed by atoms with Crippen molar-refractivity contribution in [1.29, 1.82) is 0 Å². The maximum absolute atomic E-state index is 11.9. The van der Waals surface area contributed by atoms with Crippen molar-refractivity contribution in [3.63, 3.8) is 0 Å². The predicted molar refractivity (Wildman–Crippen MR) is 88.9 cm³/mol. The first-order valence-electron chi connectivity index (χ1n) is 7.05. The van der Waals surface area contributed by atoms with Gasteiger partial charge in [0.25, 0.3) is 10.0 Å². The minimum absolute atomic E-state index is 0.192. The molecule has 0 aromatic heterocycles. The number of fused-ring (bicyclic) bond motifs is 1. The fraction of sp³-hybridized carbons (Fsp3) is 0.188. The first-order valence-corrected chi connectivity index (χ1v) is 8.94. The molecule has 23 heavy (non-hydrogen) atoms. The van der Waals surface area contributed by atoms with Gasteiger partial charge < -0.3 is 4.74 Å². The molecule has 7 heteroatoms. The normalized spacial score (nSPS) is 23.4. The van der Waals surface area contributed by atoms with Crippen LogP contribution in [0.25, 0.3) is 5.70 Å². The van der Waals surface area contributed by atoms with Crippen molar-refractivity contribution in [2.75, 3.05) is 13.4 Å². The number of nitrogens with zero attached hydrogens (tertiary/aromatic N) is 2. The molecule has 120 valence electrons. The quantitative estimate of drug-likeness (QED) is 0.859. The van der Waals surface area contributed by atoms with Gasteiger partial charge in [0.2, 0.25) is 11.5 Å². The number of allylic oxidation sites excluding steroid dienone is 2. The maximum atomic E-state index is 11.9. The molecule has 1 unspecified atom stereocenters. The molecular weight excluding hydrogens is 314 g/mol. The highest BCUT2D eigenvalue weighted by atomic mass is 32.2. The van der Waals surface area contributed by atoms with Gasteiger partial charge in [-0.3, -0.25) is 0 Å². The summed E-state index contributed by atoms with van der Waals surface area (Å²) in [7, 11) is -1.93. The zero-order valence-corrected chi connectivity index (χ0v) is 14.0. The van der Waals surface area contributed by atoms with Gasteiger partial charge in [-0.15, -0.1) is 4.59 Å². The number of aliphatic imine (C=N–C) groups is 1. The number of amidine groups is 1. The molecule has 0 radical (unpaired) electrons. The Labute approximate surface area is 135 Å². The van der Waals surface area contributed by atoms with Gasteiger partial charge in [-0.25, -0.2) is 8.42 Å². The summed E-state index contributed by atoms with van der Waals surface area (Å²) in [6.07, 6.45) is 6.43. The molecule has 3 rings (SSSR count). The van der Waals surface area contributed by atoms with Crippen molar-refractivity contribution in [3.05, 3.63) is 65.7 Å². The van der Waals surface area contributed by atoms with E-state index in [-0.39, 0.29) is 4.59 Å². The lowest BCUT2D eigenvalue weighted by Gasteiger charge is -2.32. The van der Waals surface area contributed by atoms with Gasteiger partial charge in [0, 0.05) is 12.5 Å². The van der Waals surface area contributed by atoms with Crippen LogP contribution in [0.2, 0.25) is 0 Å². The van der Waals surface area contributed by atoms with Crippen molar-refractivity contribution in [1.82, 2.24) is 4.83 Å². The van der Waals surface area contributed by atoms with Crippen LogP contribution < -0.4 is 4.83 Å². The zero-order valence-electron chi connectivity index (χ0n) is 13.1. The largest absolute Gasteiger partial charge is 0.491 e. The number of hydrogen-bond donors (Lipinski definition) is 1. The van der Waals surface area contributed by atoms with Gasteiger partial charge in [-0.2, -0.15) is 4.99 Å². The Hall–Kier alpha value is -2.22. The molecule has 1 aromatic carbocycles. The summed E-state index contributed by atoms with van der Waals surface area (Å²) in [6.45, 7) is 1.79. The highest BCUT2D eigenvalue weighted by molar-refractivity contribution is 7.88. The van der Waals surface area contributed by atoms with E-state index in [4.69, 9.17) is 4.74 Å². The third-order valence-electron chi connectivity index (χ3n) is 3.73. The smallest absolute Gasteiger partial charge is 0.251 e. The Morgan fingerprint density at radius 2 is 1.91 bits per heavy atom. The summed E-state index contributed by atoms with van der Waals surface area (Å²) >= 11 is 0. The van der Waals surface area contributed by atoms with Crippen LogP contribution in [0.1, 0.15) is 12.5 Å². The Morgan fingerprint density at radius 3 is 2.52 bits per heavy atom. The van der Waals surface area contributed by atoms with Crippen molar-refractivity contribution in [2.24, 2.45) is 4.99 Å². The standard InChI is InChI=1S/C16H18N3O3S/c1-12-17-15(13-8-5-4-6-9-13)16-14(22-2)10-7-11-19(12,16)18-23(3,20)21/h4-11,18H,1-3H3/q+1. The van der Waals surface area contributed by atoms with Crippen LogP contribution in [0.4, 0.5) is 0 Å². The van der Waals surface area contributed by atoms with E-state index in [0.29, 0.717) is 23.0 Å². The van der Waals surface area contributed by atoms with Crippen LogP contribution in [0.3, 0.4) is 0 Å². The summed E-state index contributed by atoms with van der Waals surface area (Å²) in [5.41, 5.74) is 2.25. The number of nitrogens with one attached hydrogen (secondary N) is 1. The van der Waals surface area contributed by atoms with Crippen LogP contribution in [0, 0.1) is 0 Å². The van der Waals surface area contributed by atoms with Crippen molar-refractivity contribution >= 4 is 21.6 Å². The molecule has 2 heterocycles. The lowest BCUT2D eigenvalue weighted by atomic mass is 10.1. The van der Waals surface area contributed by atoms with E-state index in [1.807, 2.05) is 30.3 Å². The SMILES string of the molecule is COC1=CC=C[N+]2(NS(C)(=O)=O)C(C)=NC(c3ccccc3)=C12. The Morgan fingerprint density at radius 1 is 1.22 bits per heavy atom. The predicted octanol–water partition coefficient (Wildman–Crippen LogP) is 2.13. The van der Waals surface area contributed by atoms with E-state index in [9.17, 15) is 8.42 Å². The second-order valence-electron chi connectivity index (χ2n) is 5.38. The monoisotopic (exact) mass is 332 g/mol. The molecule has 2 aliphatic heterocycles. The van der Waals surface area contributed by atoms with Gasteiger partial charge in [0.15, 0.2) is 5.76 Å². The molecule has 1 N–H and O–H groups in total. The first-order chi connectivity index (χ1) is 10.9. The fourth-order valence-electron chi connectivity index (χ4n) is 2.80. The minimum atomic E-state index is -3.48. The Kier molecular flexibility index (Phi) is 3.71. The van der Waals surface area contributed by atoms with Gasteiger partial charge in [-0.05, 0) is 17.0 Å². The molecule has 0 bridgehead atoms. The van der Waals surface area contributed by atoms with Gasteiger partial charge in [0.1, 0.15) is 11.9 Å². The number of quaternary nitrogens is 1. The molecule has 0 spiro atoms. The van der Waals surface area contributed by atoms with E-state index in [1.54, 1.807) is 32.4 Å². The van der Waals surface area contributed by atoms with Gasteiger partial charge in [0.05, 0.1) is 13.4 Å². The number of rotatable bonds is 4. The molecule has 1 atom stereocenters. The zero-order chi connectivity index (χ0) is 16.7. The molecule has 2 aliphatic rings. The first kappa shape index (κ1) is 15.7. The van der Waals surface area contributed by atoms with Crippen LogP contribution in [-0.2, 0) is 14.8 Å². The third-order valence-corrected chi connectivity index (χ3v) is 4.35. The molecule has 0 amide bonds. The number of hydrogen-bond acceptors (Lipinski definition) is 4. The second kappa shape index (κ2) is 5.45. The number of benzene rings is 1. The highest BCUT2D eigenvalue weighted by Crippen LogP contribution is 2.40. The molecular formula is C16H18N3O3S+. The highest BCUT2D eigenvalue weighted by Gasteiger charge is 2.49. The number of ether oxygens (including phenoxy) is 1. The van der Waals surface area contributed by atoms with Crippen molar-refractivity contribution in [3.8, 4) is 0 Å². The summed E-state index contributed by atoms with van der Waals surface area (Å²) in [5, 5.41) is 0. The second-order valence-corrected chi connectivity index (χ2v) is 7.11. The number of methoxy groups -OCH3 is 1. The molecule has 0 fully saturated rings. The van der Waals surface area contributed by atoms with Crippen LogP contribution in [0.15, 0.2) is 65.1 Å². The maximum Gasteiger partial charge on any atom is 0.251 e. The van der Waals surface area contributed by atoms with Gasteiger partial charge in [-0.1, -0.05) is 30.3 Å². The summed E-state index contributed by atoms with van der Waals surface area (Å²) in [6, 6.07) is 9.63. The molecule has 0 aliphatic carbocycles. The van der Waals surface area contributed by atoms with E-state index in [2.05, 4.69) is 9.82 Å². The van der Waals surface area contributed by atoms with Crippen LogP contribution in [-0.4, -0.2) is 32.2 Å². The van der Waals surface area contributed by atoms with E-state index in [1.165, 1.54) is 0 Å². The van der Waals surface area contributed by atoms with Crippen LogP contribution >= 0.6 is 0 Å². The Bertz CT molecular complexity index is 867. The topological polar surface area (TPSA) is 67.8 Å². The summed E-state index contributed by atoms with van der Waals surface area (Å²) in [4.78, 5) is 7.29. The molecule has 6 nitrogen and oxygen atoms in total. The fourth-order valence-corrected chi connectivity index (χ4v) is 3.61. The molecule has 1 aromatic rings. The van der Waals surface area contributed by atoms with Crippen molar-refractivity contribution in [2.45, 2.75) is 6.92 Å². The van der Waals surface area contributed by atoms with E-state index in [0.717, 1.165) is 11.8 Å². The number of sulfonamides is 1. The summed E-state index contributed by atoms with van der Waals surface area (Å²) in [5.74, 6) is 1.17. The van der Waals surface area contributed by atoms with Gasteiger partial charge >= 0.3 is 0 Å². The van der Waals surface area contributed by atoms with E-state index < -0.39 is 10.0 Å². The van der Waals surface area contributed by atoms with E-state index >= 15 is 0 Å². The third kappa shape index (κ3) is 2.63. The van der Waals surface area contributed by atoms with Crippen molar-refractivity contribution < 1.29 is 17.7 Å².